The van der Waals surface area contributed by atoms with Crippen molar-refractivity contribution in [1.29, 1.82) is 0 Å². The minimum absolute atomic E-state index is 0.455. The molecule has 0 saturated carbocycles. The third-order valence-electron chi connectivity index (χ3n) is 4.41. The minimum atomic E-state index is 0.455. The molecule has 0 amide bonds. The van der Waals surface area contributed by atoms with Crippen molar-refractivity contribution in [2.45, 2.75) is 18.8 Å². The molecule has 2 heterocycles. The van der Waals surface area contributed by atoms with Gasteiger partial charge in [0.05, 0.1) is 7.11 Å². The van der Waals surface area contributed by atoms with Crippen LogP contribution in [-0.2, 0) is 0 Å². The normalized spacial score (nSPS) is 18.3. The van der Waals surface area contributed by atoms with E-state index in [1.807, 2.05) is 6.07 Å². The van der Waals surface area contributed by atoms with E-state index in [4.69, 9.17) is 10.5 Å². The van der Waals surface area contributed by atoms with Crippen molar-refractivity contribution in [3.8, 4) is 5.75 Å². The summed E-state index contributed by atoms with van der Waals surface area (Å²) in [5.74, 6) is 4.62. The molecule has 4 heteroatoms. The first-order valence-corrected chi connectivity index (χ1v) is 8.41. The fourth-order valence-corrected chi connectivity index (χ4v) is 4.39. The maximum absolute atomic E-state index is 6.10. The molecule has 1 aliphatic rings. The van der Waals surface area contributed by atoms with E-state index in [-0.39, 0.29) is 0 Å². The number of nitrogens with one attached hydrogen (secondary N) is 1. The Bertz CT molecular complexity index is 575. The maximum atomic E-state index is 6.10. The monoisotopic (exact) mass is 290 g/mol. The first kappa shape index (κ1) is 13.8. The molecule has 1 saturated heterocycles. The quantitative estimate of drug-likeness (QED) is 0.908. The van der Waals surface area contributed by atoms with Crippen molar-refractivity contribution < 1.29 is 4.74 Å². The van der Waals surface area contributed by atoms with Crippen LogP contribution in [-0.4, -0.2) is 30.1 Å². The van der Waals surface area contributed by atoms with E-state index in [9.17, 15) is 0 Å². The summed E-state index contributed by atoms with van der Waals surface area (Å²) in [5.41, 5.74) is 8.63. The second kappa shape index (κ2) is 6.10. The van der Waals surface area contributed by atoms with Crippen molar-refractivity contribution in [2.75, 3.05) is 25.2 Å². The summed E-state index contributed by atoms with van der Waals surface area (Å²) < 4.78 is 5.36. The zero-order chi connectivity index (χ0) is 13.9. The fourth-order valence-electron chi connectivity index (χ4n) is 3.25. The summed E-state index contributed by atoms with van der Waals surface area (Å²) in [7, 11) is 1.71. The Morgan fingerprint density at radius 1 is 1.40 bits per heavy atom. The second-order valence-electron chi connectivity index (χ2n) is 5.45. The molecular weight excluding hydrogens is 268 g/mol. The van der Waals surface area contributed by atoms with Gasteiger partial charge in [-0.2, -0.15) is 11.8 Å². The van der Waals surface area contributed by atoms with E-state index in [1.54, 1.807) is 7.11 Å². The van der Waals surface area contributed by atoms with Crippen LogP contribution in [0.4, 0.5) is 0 Å². The summed E-state index contributed by atoms with van der Waals surface area (Å²) in [5, 5.41) is 1.26. The lowest BCUT2D eigenvalue weighted by molar-refractivity contribution is 0.402. The molecule has 0 bridgehead atoms. The minimum Gasteiger partial charge on any atom is -0.497 e. The number of hydrogen-bond donors (Lipinski definition) is 2. The maximum Gasteiger partial charge on any atom is 0.119 e. The van der Waals surface area contributed by atoms with E-state index in [1.165, 1.54) is 40.8 Å². The Kier molecular flexibility index (Phi) is 4.22. The van der Waals surface area contributed by atoms with E-state index in [0.717, 1.165) is 12.3 Å². The number of nitrogens with two attached hydrogens (primary N) is 1. The average molecular weight is 290 g/mol. The summed E-state index contributed by atoms with van der Waals surface area (Å²) in [6.07, 6.45) is 4.70. The van der Waals surface area contributed by atoms with Crippen LogP contribution >= 0.6 is 11.8 Å². The number of aromatic nitrogens is 1. The summed E-state index contributed by atoms with van der Waals surface area (Å²) in [4.78, 5) is 3.38. The summed E-state index contributed by atoms with van der Waals surface area (Å²) in [6.45, 7) is 0.722. The van der Waals surface area contributed by atoms with Crippen LogP contribution in [0.25, 0.3) is 10.9 Å². The van der Waals surface area contributed by atoms with Gasteiger partial charge in [-0.3, -0.25) is 0 Å². The summed E-state index contributed by atoms with van der Waals surface area (Å²) >= 11 is 2.06. The molecule has 3 nitrogen and oxygen atoms in total. The highest BCUT2D eigenvalue weighted by molar-refractivity contribution is 7.99. The van der Waals surface area contributed by atoms with E-state index >= 15 is 0 Å². The highest BCUT2D eigenvalue weighted by Gasteiger charge is 2.26. The van der Waals surface area contributed by atoms with Crippen molar-refractivity contribution >= 4 is 22.7 Å². The van der Waals surface area contributed by atoms with E-state index < -0.39 is 0 Å². The molecule has 0 aliphatic carbocycles. The van der Waals surface area contributed by atoms with Crippen LogP contribution < -0.4 is 10.5 Å². The smallest absolute Gasteiger partial charge is 0.119 e. The first-order chi connectivity index (χ1) is 9.83. The van der Waals surface area contributed by atoms with Crippen molar-refractivity contribution in [3.63, 3.8) is 0 Å². The van der Waals surface area contributed by atoms with Crippen molar-refractivity contribution in [1.82, 2.24) is 4.98 Å². The lowest BCUT2D eigenvalue weighted by Gasteiger charge is -2.29. The van der Waals surface area contributed by atoms with Crippen LogP contribution in [0.3, 0.4) is 0 Å². The molecule has 0 spiro atoms. The first-order valence-electron chi connectivity index (χ1n) is 7.26. The number of fused-ring (bicyclic) bond motifs is 1. The van der Waals surface area contributed by atoms with Gasteiger partial charge in [-0.1, -0.05) is 0 Å². The largest absolute Gasteiger partial charge is 0.497 e. The van der Waals surface area contributed by atoms with Gasteiger partial charge in [-0.25, -0.2) is 0 Å². The van der Waals surface area contributed by atoms with Crippen LogP contribution in [0.1, 0.15) is 24.3 Å². The lowest BCUT2D eigenvalue weighted by Crippen LogP contribution is -2.24. The number of hydrogen-bond acceptors (Lipinski definition) is 3. The molecule has 20 heavy (non-hydrogen) atoms. The topological polar surface area (TPSA) is 51.0 Å². The number of ether oxygens (including phenoxy) is 1. The van der Waals surface area contributed by atoms with Gasteiger partial charge in [-0.15, -0.1) is 0 Å². The molecule has 1 fully saturated rings. The standard InChI is InChI=1S/C16H22N2OS/c1-19-12-2-3-16-13(8-12)15(10-18-16)14(9-17)11-4-6-20-7-5-11/h2-3,8,10-11,14,18H,4-7,9,17H2,1H3. The Morgan fingerprint density at radius 2 is 2.20 bits per heavy atom. The summed E-state index contributed by atoms with van der Waals surface area (Å²) in [6, 6.07) is 6.21. The molecule has 1 aliphatic heterocycles. The Morgan fingerprint density at radius 3 is 2.90 bits per heavy atom. The predicted molar refractivity (Wildman–Crippen MR) is 86.7 cm³/mol. The molecule has 2 aromatic rings. The van der Waals surface area contributed by atoms with Crippen LogP contribution in [0, 0.1) is 5.92 Å². The van der Waals surface area contributed by atoms with E-state index in [2.05, 4.69) is 35.1 Å². The van der Waals surface area contributed by atoms with E-state index in [0.29, 0.717) is 11.8 Å². The SMILES string of the molecule is COc1ccc2[nH]cc(C(CN)C3CCSCC3)c2c1. The molecule has 0 radical (unpaired) electrons. The van der Waals surface area contributed by atoms with Crippen LogP contribution in [0.2, 0.25) is 0 Å². The third kappa shape index (κ3) is 2.54. The third-order valence-corrected chi connectivity index (χ3v) is 5.46. The molecule has 3 N–H and O–H groups in total. The molecule has 1 aromatic heterocycles. The number of aromatic amines is 1. The zero-order valence-corrected chi connectivity index (χ0v) is 12.7. The van der Waals surface area contributed by atoms with Gasteiger partial charge in [0.15, 0.2) is 0 Å². The fraction of sp³-hybridized carbons (Fsp3) is 0.500. The van der Waals surface area contributed by atoms with Gasteiger partial charge in [0.25, 0.3) is 0 Å². The van der Waals surface area contributed by atoms with Crippen LogP contribution in [0.15, 0.2) is 24.4 Å². The number of H-pyrrole nitrogens is 1. The number of benzene rings is 1. The van der Waals surface area contributed by atoms with Gasteiger partial charge in [0, 0.05) is 23.0 Å². The molecular formula is C16H22N2OS. The number of methoxy groups -OCH3 is 1. The van der Waals surface area contributed by atoms with Crippen LogP contribution in [0.5, 0.6) is 5.75 Å². The second-order valence-corrected chi connectivity index (χ2v) is 6.67. The lowest BCUT2D eigenvalue weighted by atomic mass is 9.82. The molecule has 1 unspecified atom stereocenters. The highest BCUT2D eigenvalue weighted by atomic mass is 32.2. The highest BCUT2D eigenvalue weighted by Crippen LogP contribution is 2.38. The molecule has 108 valence electrons. The average Bonchev–Trinajstić information content (AvgIpc) is 2.92. The number of thioether (sulfide) groups is 1. The van der Waals surface area contributed by atoms with Gasteiger partial charge in [0.2, 0.25) is 0 Å². The van der Waals surface area contributed by atoms with Gasteiger partial charge in [0.1, 0.15) is 5.75 Å². The predicted octanol–water partition coefficient (Wildman–Crippen LogP) is 3.36. The Hall–Kier alpha value is -1.13. The van der Waals surface area contributed by atoms with Gasteiger partial charge in [-0.05, 0) is 60.6 Å². The zero-order valence-electron chi connectivity index (χ0n) is 11.9. The van der Waals surface area contributed by atoms with Crippen molar-refractivity contribution in [2.24, 2.45) is 11.7 Å². The van der Waals surface area contributed by atoms with Crippen molar-refractivity contribution in [3.05, 3.63) is 30.0 Å². The molecule has 3 rings (SSSR count). The van der Waals surface area contributed by atoms with Gasteiger partial charge < -0.3 is 15.5 Å². The Labute approximate surface area is 124 Å². The molecule has 1 atom stereocenters. The number of rotatable bonds is 4. The molecule has 1 aromatic carbocycles. The Balaban J connectivity index is 1.97. The van der Waals surface area contributed by atoms with Gasteiger partial charge >= 0.3 is 0 Å².